The molecule has 0 N–H and O–H groups in total. The van der Waals surface area contributed by atoms with Crippen LogP contribution in [0.1, 0.15) is 15.9 Å². The summed E-state index contributed by atoms with van der Waals surface area (Å²) in [5.74, 6) is -1.51. The van der Waals surface area contributed by atoms with Crippen LogP contribution in [-0.4, -0.2) is 10.7 Å². The number of nitro benzene ring substituents is 1. The molecule has 106 valence electrons. The van der Waals surface area contributed by atoms with Crippen LogP contribution in [0.4, 0.5) is 10.1 Å². The maximum Gasteiger partial charge on any atom is 0.262 e. The molecule has 0 heterocycles. The van der Waals surface area contributed by atoms with Crippen LogP contribution in [0.5, 0.6) is 5.75 Å². The second-order valence-electron chi connectivity index (χ2n) is 4.19. The summed E-state index contributed by atoms with van der Waals surface area (Å²) in [4.78, 5) is 21.7. The number of benzene rings is 2. The topological polar surface area (TPSA) is 83.3 Å². The van der Waals surface area contributed by atoms with Crippen LogP contribution in [0, 0.1) is 15.9 Å². The highest BCUT2D eigenvalue weighted by molar-refractivity contribution is 6.06. The Kier molecular flexibility index (Phi) is 4.08. The zero-order valence-corrected chi connectivity index (χ0v) is 10.7. The molecule has 2 aromatic carbocycles. The minimum Gasteiger partial charge on any atom is -0.868 e. The molecule has 0 fully saturated rings. The van der Waals surface area contributed by atoms with Crippen molar-refractivity contribution in [2.75, 3.05) is 0 Å². The minimum atomic E-state index is -0.776. The standard InChI is InChI=1S/C15H10FNO4/c16-12-5-3-11(4-6-12)14(18)7-1-10-2-8-15(19)13(9-10)17(20)21/h1-9,19H/p-1/b7-1+. The number of carbonyl (C=O) groups is 1. The number of ketones is 1. The van der Waals surface area contributed by atoms with Crippen LogP contribution in [-0.2, 0) is 0 Å². The molecule has 0 saturated heterocycles. The van der Waals surface area contributed by atoms with Crippen molar-refractivity contribution >= 4 is 17.5 Å². The van der Waals surface area contributed by atoms with E-state index < -0.39 is 22.2 Å². The third-order valence-corrected chi connectivity index (χ3v) is 2.74. The van der Waals surface area contributed by atoms with Gasteiger partial charge in [0, 0.05) is 11.6 Å². The second kappa shape index (κ2) is 5.96. The Morgan fingerprint density at radius 3 is 2.43 bits per heavy atom. The average Bonchev–Trinajstić information content (AvgIpc) is 2.46. The lowest BCUT2D eigenvalue weighted by molar-refractivity contribution is -0.398. The van der Waals surface area contributed by atoms with Gasteiger partial charge >= 0.3 is 0 Å². The Morgan fingerprint density at radius 1 is 1.14 bits per heavy atom. The van der Waals surface area contributed by atoms with Gasteiger partial charge in [0.2, 0.25) is 0 Å². The van der Waals surface area contributed by atoms with Gasteiger partial charge in [-0.15, -0.1) is 0 Å². The summed E-state index contributed by atoms with van der Waals surface area (Å²) in [5, 5.41) is 21.9. The molecule has 0 spiro atoms. The normalized spacial score (nSPS) is 10.7. The summed E-state index contributed by atoms with van der Waals surface area (Å²) in [5.41, 5.74) is 0.103. The molecule has 5 nitrogen and oxygen atoms in total. The highest BCUT2D eigenvalue weighted by Crippen LogP contribution is 2.24. The molecule has 2 rings (SSSR count). The number of halogens is 1. The maximum atomic E-state index is 12.7. The van der Waals surface area contributed by atoms with E-state index in [9.17, 15) is 24.4 Å². The molecule has 0 amide bonds. The lowest BCUT2D eigenvalue weighted by Gasteiger charge is -2.06. The van der Waals surface area contributed by atoms with Gasteiger partial charge in [-0.25, -0.2) is 4.39 Å². The van der Waals surface area contributed by atoms with Crippen LogP contribution < -0.4 is 5.11 Å². The molecule has 0 aliphatic heterocycles. The van der Waals surface area contributed by atoms with Crippen LogP contribution in [0.15, 0.2) is 48.5 Å². The van der Waals surface area contributed by atoms with Crippen LogP contribution in [0.3, 0.4) is 0 Å². The van der Waals surface area contributed by atoms with Crippen LogP contribution in [0.25, 0.3) is 6.08 Å². The number of allylic oxidation sites excluding steroid dienone is 1. The van der Waals surface area contributed by atoms with Crippen LogP contribution >= 0.6 is 0 Å². The van der Waals surface area contributed by atoms with Crippen molar-refractivity contribution in [1.29, 1.82) is 0 Å². The first-order chi connectivity index (χ1) is 9.97. The number of hydrogen-bond acceptors (Lipinski definition) is 4. The van der Waals surface area contributed by atoms with Crippen molar-refractivity contribution in [3.05, 3.63) is 75.6 Å². The fourth-order valence-corrected chi connectivity index (χ4v) is 1.66. The Labute approximate surface area is 119 Å². The zero-order chi connectivity index (χ0) is 15.4. The average molecular weight is 286 g/mol. The Balaban J connectivity index is 2.21. The lowest BCUT2D eigenvalue weighted by atomic mass is 10.1. The molecule has 0 atom stereocenters. The molecule has 21 heavy (non-hydrogen) atoms. The van der Waals surface area contributed by atoms with E-state index in [4.69, 9.17) is 0 Å². The number of hydrogen-bond donors (Lipinski definition) is 0. The van der Waals surface area contributed by atoms with E-state index in [1.165, 1.54) is 30.4 Å². The predicted molar refractivity (Wildman–Crippen MR) is 72.3 cm³/mol. The molecule has 0 radical (unpaired) electrons. The van der Waals surface area contributed by atoms with E-state index in [1.807, 2.05) is 0 Å². The van der Waals surface area contributed by atoms with Crippen molar-refractivity contribution in [3.63, 3.8) is 0 Å². The van der Waals surface area contributed by atoms with Gasteiger partial charge in [-0.05, 0) is 41.7 Å². The first-order valence-electron chi connectivity index (χ1n) is 5.91. The van der Waals surface area contributed by atoms with Crippen LogP contribution in [0.2, 0.25) is 0 Å². The van der Waals surface area contributed by atoms with Crippen molar-refractivity contribution in [1.82, 2.24) is 0 Å². The first-order valence-corrected chi connectivity index (χ1v) is 5.91. The summed E-state index contributed by atoms with van der Waals surface area (Å²) in [6.45, 7) is 0. The van der Waals surface area contributed by atoms with Crippen molar-refractivity contribution in [3.8, 4) is 5.75 Å². The largest absolute Gasteiger partial charge is 0.868 e. The van der Waals surface area contributed by atoms with E-state index in [1.54, 1.807) is 0 Å². The fraction of sp³-hybridized carbons (Fsp3) is 0. The Morgan fingerprint density at radius 2 is 1.81 bits per heavy atom. The summed E-state index contributed by atoms with van der Waals surface area (Å²) >= 11 is 0. The predicted octanol–water partition coefficient (Wildman–Crippen LogP) is 2.70. The van der Waals surface area contributed by atoms with E-state index in [2.05, 4.69) is 0 Å². The maximum absolute atomic E-state index is 12.7. The number of carbonyl (C=O) groups excluding carboxylic acids is 1. The minimum absolute atomic E-state index is 0.294. The van der Waals surface area contributed by atoms with Gasteiger partial charge in [-0.2, -0.15) is 0 Å². The zero-order valence-electron chi connectivity index (χ0n) is 10.7. The molecule has 0 aliphatic rings. The summed E-state index contributed by atoms with van der Waals surface area (Å²) in [6, 6.07) is 8.55. The molecule has 0 unspecified atom stereocenters. The van der Waals surface area contributed by atoms with Gasteiger partial charge in [0.1, 0.15) is 5.82 Å². The molecular weight excluding hydrogens is 277 g/mol. The van der Waals surface area contributed by atoms with Gasteiger partial charge in [-0.3, -0.25) is 14.9 Å². The van der Waals surface area contributed by atoms with E-state index in [0.717, 1.165) is 24.3 Å². The lowest BCUT2D eigenvalue weighted by Crippen LogP contribution is -1.98. The Bertz CT molecular complexity index is 723. The van der Waals surface area contributed by atoms with E-state index in [0.29, 0.717) is 11.1 Å². The van der Waals surface area contributed by atoms with Gasteiger partial charge in [-0.1, -0.05) is 18.2 Å². The van der Waals surface area contributed by atoms with Gasteiger partial charge in [0.05, 0.1) is 4.92 Å². The number of nitrogens with zero attached hydrogens (tertiary/aromatic N) is 1. The fourth-order valence-electron chi connectivity index (χ4n) is 1.66. The number of rotatable bonds is 4. The third kappa shape index (κ3) is 3.50. The van der Waals surface area contributed by atoms with E-state index >= 15 is 0 Å². The quantitative estimate of drug-likeness (QED) is 0.374. The molecule has 0 aromatic heterocycles. The van der Waals surface area contributed by atoms with Crippen molar-refractivity contribution in [2.24, 2.45) is 0 Å². The van der Waals surface area contributed by atoms with Crippen molar-refractivity contribution in [2.45, 2.75) is 0 Å². The van der Waals surface area contributed by atoms with E-state index in [-0.39, 0.29) is 5.78 Å². The molecular formula is C15H9FNO4-. The summed E-state index contributed by atoms with van der Waals surface area (Å²) < 4.78 is 12.7. The third-order valence-electron chi connectivity index (χ3n) is 2.74. The first kappa shape index (κ1) is 14.4. The second-order valence-corrected chi connectivity index (χ2v) is 4.19. The van der Waals surface area contributed by atoms with Gasteiger partial charge < -0.3 is 5.11 Å². The smallest absolute Gasteiger partial charge is 0.262 e. The Hall–Kier alpha value is -3.02. The molecule has 0 bridgehead atoms. The van der Waals surface area contributed by atoms with Gasteiger partial charge in [0.15, 0.2) is 5.78 Å². The highest BCUT2D eigenvalue weighted by atomic mass is 19.1. The summed E-state index contributed by atoms with van der Waals surface area (Å²) in [7, 11) is 0. The SMILES string of the molecule is O=C(/C=C/c1ccc([O-])c([N+](=O)[O-])c1)c1ccc(F)cc1. The molecule has 0 aliphatic carbocycles. The highest BCUT2D eigenvalue weighted by Gasteiger charge is 2.07. The summed E-state index contributed by atoms with van der Waals surface area (Å²) in [6.07, 6.45) is 2.56. The van der Waals surface area contributed by atoms with Crippen molar-refractivity contribution < 1.29 is 19.2 Å². The monoisotopic (exact) mass is 286 g/mol. The molecule has 2 aromatic rings. The number of nitro groups is 1. The molecule has 6 heteroatoms. The molecule has 0 saturated carbocycles. The van der Waals surface area contributed by atoms with Gasteiger partial charge in [0.25, 0.3) is 5.69 Å².